The first-order valence-corrected chi connectivity index (χ1v) is 7.34. The highest BCUT2D eigenvalue weighted by molar-refractivity contribution is 6.32. The van der Waals surface area contributed by atoms with Gasteiger partial charge in [0.25, 0.3) is 0 Å². The second-order valence-corrected chi connectivity index (χ2v) is 5.57. The van der Waals surface area contributed by atoms with Crippen molar-refractivity contribution < 1.29 is 4.39 Å². The van der Waals surface area contributed by atoms with Crippen molar-refractivity contribution in [2.45, 2.75) is 25.8 Å². The van der Waals surface area contributed by atoms with Gasteiger partial charge in [-0.05, 0) is 24.1 Å². The maximum absolute atomic E-state index is 13.6. The molecule has 1 heterocycles. The van der Waals surface area contributed by atoms with Crippen molar-refractivity contribution in [2.24, 2.45) is 12.9 Å². The normalized spacial score (nSPS) is 12.7. The van der Waals surface area contributed by atoms with Crippen molar-refractivity contribution >= 4 is 23.2 Å². The fourth-order valence-corrected chi connectivity index (χ4v) is 2.73. The molecule has 114 valence electrons. The fourth-order valence-electron chi connectivity index (χ4n) is 2.24. The van der Waals surface area contributed by atoms with Crippen LogP contribution in [0.25, 0.3) is 0 Å². The largest absolute Gasteiger partial charge is 0.271 e. The molecule has 0 spiro atoms. The van der Waals surface area contributed by atoms with E-state index in [1.165, 1.54) is 12.1 Å². The van der Waals surface area contributed by atoms with Crippen LogP contribution in [0, 0.1) is 5.82 Å². The minimum absolute atomic E-state index is 0.0846. The van der Waals surface area contributed by atoms with Gasteiger partial charge in [-0.3, -0.25) is 16.0 Å². The fraction of sp³-hybridized carbons (Fsp3) is 0.357. The van der Waals surface area contributed by atoms with Crippen LogP contribution < -0.4 is 11.3 Å². The number of benzene rings is 1. The number of hydrogen-bond donors (Lipinski definition) is 2. The molecule has 1 aromatic carbocycles. The van der Waals surface area contributed by atoms with Gasteiger partial charge in [0.2, 0.25) is 0 Å². The molecule has 0 aliphatic carbocycles. The summed E-state index contributed by atoms with van der Waals surface area (Å²) in [6.45, 7) is 1.99. The van der Waals surface area contributed by atoms with Crippen LogP contribution in [-0.4, -0.2) is 9.78 Å². The van der Waals surface area contributed by atoms with E-state index in [4.69, 9.17) is 29.0 Å². The molecule has 3 N–H and O–H groups in total. The first kappa shape index (κ1) is 16.2. The summed E-state index contributed by atoms with van der Waals surface area (Å²) < 4.78 is 15.3. The van der Waals surface area contributed by atoms with Gasteiger partial charge in [-0.15, -0.1) is 0 Å². The molecule has 2 aromatic rings. The Morgan fingerprint density at radius 3 is 2.67 bits per heavy atom. The third kappa shape index (κ3) is 3.37. The van der Waals surface area contributed by atoms with Gasteiger partial charge in [0.15, 0.2) is 0 Å². The molecule has 0 saturated heterocycles. The minimum Gasteiger partial charge on any atom is -0.271 e. The number of aryl methyl sites for hydroxylation is 2. The molecule has 0 saturated carbocycles. The van der Waals surface area contributed by atoms with Crippen LogP contribution in [0.3, 0.4) is 0 Å². The maximum Gasteiger partial charge on any atom is 0.142 e. The van der Waals surface area contributed by atoms with E-state index in [9.17, 15) is 4.39 Å². The van der Waals surface area contributed by atoms with E-state index < -0.39 is 5.82 Å². The van der Waals surface area contributed by atoms with Crippen LogP contribution in [0.1, 0.15) is 29.9 Å². The number of aromatic nitrogens is 2. The summed E-state index contributed by atoms with van der Waals surface area (Å²) in [6, 6.07) is 4.34. The molecule has 0 fully saturated rings. The summed E-state index contributed by atoms with van der Waals surface area (Å²) in [7, 11) is 1.83. The molecule has 1 atom stereocenters. The molecule has 1 aromatic heterocycles. The van der Waals surface area contributed by atoms with Crippen LogP contribution in [0.2, 0.25) is 10.0 Å². The van der Waals surface area contributed by atoms with Crippen molar-refractivity contribution in [3.8, 4) is 0 Å². The molecular formula is C14H17Cl2FN4. The summed E-state index contributed by atoms with van der Waals surface area (Å²) in [5.74, 6) is 5.13. The molecule has 0 amide bonds. The SMILES string of the molecule is CCc1nn(C)c(CC(NN)c2ccc(Cl)c(F)c2)c1Cl. The van der Waals surface area contributed by atoms with E-state index >= 15 is 0 Å². The van der Waals surface area contributed by atoms with E-state index in [-0.39, 0.29) is 11.1 Å². The summed E-state index contributed by atoms with van der Waals surface area (Å²) in [5.41, 5.74) is 5.08. The van der Waals surface area contributed by atoms with Crippen molar-refractivity contribution in [2.75, 3.05) is 0 Å². The number of hydrogen-bond acceptors (Lipinski definition) is 3. The van der Waals surface area contributed by atoms with Crippen LogP contribution >= 0.6 is 23.2 Å². The standard InChI is InChI=1S/C14H17Cl2FN4/c1-3-11-14(16)13(21(2)20-11)7-12(19-18)8-4-5-9(15)10(17)6-8/h4-6,12,19H,3,7,18H2,1-2H3. The third-order valence-electron chi connectivity index (χ3n) is 3.45. The average Bonchev–Trinajstić information content (AvgIpc) is 2.74. The summed E-state index contributed by atoms with van der Waals surface area (Å²) in [4.78, 5) is 0. The van der Waals surface area contributed by atoms with Gasteiger partial charge in [0.05, 0.1) is 27.5 Å². The molecule has 4 nitrogen and oxygen atoms in total. The van der Waals surface area contributed by atoms with Crippen LogP contribution in [0.5, 0.6) is 0 Å². The molecule has 0 aliphatic rings. The van der Waals surface area contributed by atoms with Crippen LogP contribution in [0.15, 0.2) is 18.2 Å². The van der Waals surface area contributed by atoms with E-state index in [1.54, 1.807) is 10.7 Å². The third-order valence-corrected chi connectivity index (χ3v) is 4.19. The number of nitrogens with zero attached hydrogens (tertiary/aromatic N) is 2. The minimum atomic E-state index is -0.472. The Morgan fingerprint density at radius 1 is 1.43 bits per heavy atom. The Bertz CT molecular complexity index is 642. The molecule has 2 rings (SSSR count). The Kier molecular flexibility index (Phi) is 5.22. The maximum atomic E-state index is 13.6. The summed E-state index contributed by atoms with van der Waals surface area (Å²) in [5, 5.41) is 5.08. The summed E-state index contributed by atoms with van der Waals surface area (Å²) in [6.07, 6.45) is 1.25. The highest BCUT2D eigenvalue weighted by atomic mass is 35.5. The Balaban J connectivity index is 2.31. The monoisotopic (exact) mass is 330 g/mol. The summed E-state index contributed by atoms with van der Waals surface area (Å²) >= 11 is 12.0. The first-order chi connectivity index (χ1) is 9.97. The molecule has 0 radical (unpaired) electrons. The molecule has 1 unspecified atom stereocenters. The zero-order valence-electron chi connectivity index (χ0n) is 11.8. The van der Waals surface area contributed by atoms with Crippen LogP contribution in [-0.2, 0) is 19.9 Å². The second kappa shape index (κ2) is 6.75. The smallest absolute Gasteiger partial charge is 0.142 e. The predicted octanol–water partition coefficient (Wildman–Crippen LogP) is 3.18. The Hall–Kier alpha value is -1.14. The average molecular weight is 331 g/mol. The van der Waals surface area contributed by atoms with Gasteiger partial charge < -0.3 is 0 Å². The van der Waals surface area contributed by atoms with Gasteiger partial charge >= 0.3 is 0 Å². The number of hydrazine groups is 1. The number of nitrogens with one attached hydrogen (secondary N) is 1. The Labute approximate surface area is 133 Å². The van der Waals surface area contributed by atoms with Gasteiger partial charge in [-0.25, -0.2) is 4.39 Å². The quantitative estimate of drug-likeness (QED) is 0.654. The number of rotatable bonds is 5. The number of halogens is 3. The van der Waals surface area contributed by atoms with Gasteiger partial charge in [-0.2, -0.15) is 5.10 Å². The zero-order valence-corrected chi connectivity index (χ0v) is 13.3. The molecule has 21 heavy (non-hydrogen) atoms. The predicted molar refractivity (Wildman–Crippen MR) is 82.8 cm³/mol. The second-order valence-electron chi connectivity index (χ2n) is 4.78. The van der Waals surface area contributed by atoms with E-state index in [0.29, 0.717) is 17.0 Å². The van der Waals surface area contributed by atoms with E-state index in [1.807, 2.05) is 14.0 Å². The molecule has 0 aliphatic heterocycles. The van der Waals surface area contributed by atoms with Crippen LogP contribution in [0.4, 0.5) is 4.39 Å². The molecule has 0 bridgehead atoms. The van der Waals surface area contributed by atoms with Crippen molar-refractivity contribution in [3.63, 3.8) is 0 Å². The molecular weight excluding hydrogens is 314 g/mol. The lowest BCUT2D eigenvalue weighted by molar-refractivity contribution is 0.525. The zero-order chi connectivity index (χ0) is 15.6. The topological polar surface area (TPSA) is 55.9 Å². The lowest BCUT2D eigenvalue weighted by atomic mass is 10.0. The van der Waals surface area contributed by atoms with Crippen molar-refractivity contribution in [1.82, 2.24) is 15.2 Å². The lowest BCUT2D eigenvalue weighted by Gasteiger charge is -2.17. The lowest BCUT2D eigenvalue weighted by Crippen LogP contribution is -2.30. The number of nitrogens with two attached hydrogens (primary N) is 1. The highest BCUT2D eigenvalue weighted by Gasteiger charge is 2.19. The van der Waals surface area contributed by atoms with Gasteiger partial charge in [0, 0.05) is 13.5 Å². The Morgan fingerprint density at radius 2 is 2.14 bits per heavy atom. The van der Waals surface area contributed by atoms with Crippen molar-refractivity contribution in [1.29, 1.82) is 0 Å². The molecule has 7 heteroatoms. The highest BCUT2D eigenvalue weighted by Crippen LogP contribution is 2.27. The van der Waals surface area contributed by atoms with E-state index in [2.05, 4.69) is 10.5 Å². The first-order valence-electron chi connectivity index (χ1n) is 6.59. The van der Waals surface area contributed by atoms with Gasteiger partial charge in [0.1, 0.15) is 5.82 Å². The van der Waals surface area contributed by atoms with E-state index in [0.717, 1.165) is 17.8 Å². The van der Waals surface area contributed by atoms with Crippen molar-refractivity contribution in [3.05, 3.63) is 51.0 Å². The van der Waals surface area contributed by atoms with Gasteiger partial charge in [-0.1, -0.05) is 36.2 Å².